The molecule has 1 saturated carbocycles. The lowest BCUT2D eigenvalue weighted by molar-refractivity contribution is 0.0971. The third-order valence-electron chi connectivity index (χ3n) is 6.90. The van der Waals surface area contributed by atoms with Gasteiger partial charge in [0.15, 0.2) is 11.4 Å². The molecule has 0 bridgehead atoms. The van der Waals surface area contributed by atoms with Crippen LogP contribution in [0.1, 0.15) is 48.0 Å². The Morgan fingerprint density at radius 1 is 1.09 bits per heavy atom. The van der Waals surface area contributed by atoms with Crippen LogP contribution in [0.15, 0.2) is 70.0 Å². The molecule has 174 valence electrons. The maximum absolute atomic E-state index is 13.3. The lowest BCUT2D eigenvalue weighted by atomic mass is 9.72. The van der Waals surface area contributed by atoms with Crippen LogP contribution in [0, 0.1) is 0 Å². The maximum Gasteiger partial charge on any atom is 0.262 e. The standard InChI is InChI=1S/C28H28N2O4/c1-30-17-21(22(32)9-5-16-31)26-24(27(30)33)23(18-7-3-2-4-8-18)25(34-26)19-10-12-20(13-11-19)28(29)14-6-15-28/h2-4,7-8,10-13,17,31H,5-6,9,14-16,29H2,1H3. The Bertz CT molecular complexity index is 1410. The summed E-state index contributed by atoms with van der Waals surface area (Å²) in [6.45, 7) is -0.0751. The molecule has 0 amide bonds. The second-order valence-corrected chi connectivity index (χ2v) is 9.17. The summed E-state index contributed by atoms with van der Waals surface area (Å²) in [5.41, 5.74) is 10.1. The quantitative estimate of drug-likeness (QED) is 0.391. The van der Waals surface area contributed by atoms with Crippen LogP contribution in [0.4, 0.5) is 0 Å². The summed E-state index contributed by atoms with van der Waals surface area (Å²) in [6.07, 6.45) is 5.14. The first-order chi connectivity index (χ1) is 16.4. The van der Waals surface area contributed by atoms with Gasteiger partial charge in [-0.15, -0.1) is 0 Å². The summed E-state index contributed by atoms with van der Waals surface area (Å²) >= 11 is 0. The van der Waals surface area contributed by atoms with E-state index in [0.717, 1.165) is 36.0 Å². The summed E-state index contributed by atoms with van der Waals surface area (Å²) in [5, 5.41) is 9.57. The molecule has 0 unspecified atom stereocenters. The molecule has 0 spiro atoms. The molecule has 0 atom stereocenters. The minimum atomic E-state index is -0.267. The summed E-state index contributed by atoms with van der Waals surface area (Å²) in [5.74, 6) is 0.381. The van der Waals surface area contributed by atoms with Crippen molar-refractivity contribution >= 4 is 16.8 Å². The number of ketones is 1. The van der Waals surface area contributed by atoms with Crippen LogP contribution in [0.2, 0.25) is 0 Å². The van der Waals surface area contributed by atoms with Crippen molar-refractivity contribution in [2.24, 2.45) is 12.8 Å². The molecule has 0 aliphatic heterocycles. The van der Waals surface area contributed by atoms with E-state index < -0.39 is 0 Å². The second kappa shape index (κ2) is 8.70. The Morgan fingerprint density at radius 2 is 1.79 bits per heavy atom. The van der Waals surface area contributed by atoms with E-state index in [9.17, 15) is 14.7 Å². The van der Waals surface area contributed by atoms with Gasteiger partial charge in [0, 0.05) is 42.9 Å². The van der Waals surface area contributed by atoms with Crippen LogP contribution < -0.4 is 11.3 Å². The minimum Gasteiger partial charge on any atom is -0.454 e. The molecule has 1 aliphatic rings. The number of Topliss-reactive ketones (excluding diaryl/α,β-unsaturated/α-hetero) is 1. The number of carbonyl (C=O) groups excluding carboxylic acids is 1. The van der Waals surface area contributed by atoms with Crippen LogP contribution >= 0.6 is 0 Å². The van der Waals surface area contributed by atoms with Crippen LogP contribution in [-0.4, -0.2) is 22.1 Å². The SMILES string of the molecule is Cn1cc(C(=O)CCCO)c2oc(-c3ccc(C4(N)CCC4)cc3)c(-c3ccccc3)c2c1=O. The van der Waals surface area contributed by atoms with E-state index in [2.05, 4.69) is 0 Å². The minimum absolute atomic E-state index is 0.0751. The normalized spacial score (nSPS) is 14.8. The number of nitrogens with zero attached hydrogens (tertiary/aromatic N) is 1. The highest BCUT2D eigenvalue weighted by Crippen LogP contribution is 2.43. The van der Waals surface area contributed by atoms with Gasteiger partial charge in [0.1, 0.15) is 5.76 Å². The van der Waals surface area contributed by atoms with Gasteiger partial charge in [0.2, 0.25) is 0 Å². The molecule has 1 fully saturated rings. The number of aliphatic hydroxyl groups excluding tert-OH is 1. The summed E-state index contributed by atoms with van der Waals surface area (Å²) in [6, 6.07) is 17.6. The van der Waals surface area contributed by atoms with Crippen LogP contribution in [0.3, 0.4) is 0 Å². The number of hydrogen-bond donors (Lipinski definition) is 2. The van der Waals surface area contributed by atoms with Crippen molar-refractivity contribution < 1.29 is 14.3 Å². The zero-order valence-electron chi connectivity index (χ0n) is 19.2. The average molecular weight is 457 g/mol. The highest BCUT2D eigenvalue weighted by molar-refractivity contribution is 6.11. The monoisotopic (exact) mass is 456 g/mol. The molecule has 0 radical (unpaired) electrons. The molecule has 0 saturated heterocycles. The van der Waals surface area contributed by atoms with E-state index in [1.165, 1.54) is 10.8 Å². The van der Waals surface area contributed by atoms with E-state index >= 15 is 0 Å². The van der Waals surface area contributed by atoms with E-state index in [1.54, 1.807) is 7.05 Å². The molecule has 34 heavy (non-hydrogen) atoms. The molecule has 2 heterocycles. The smallest absolute Gasteiger partial charge is 0.262 e. The number of aliphatic hydroxyl groups is 1. The first kappa shape index (κ1) is 22.3. The van der Waals surface area contributed by atoms with Gasteiger partial charge in [-0.2, -0.15) is 0 Å². The highest BCUT2D eigenvalue weighted by atomic mass is 16.3. The fourth-order valence-corrected chi connectivity index (χ4v) is 4.77. The van der Waals surface area contributed by atoms with Gasteiger partial charge in [-0.05, 0) is 36.8 Å². The number of hydrogen-bond acceptors (Lipinski definition) is 5. The van der Waals surface area contributed by atoms with E-state index in [4.69, 9.17) is 10.2 Å². The van der Waals surface area contributed by atoms with Gasteiger partial charge in [-0.25, -0.2) is 0 Å². The Morgan fingerprint density at radius 3 is 2.41 bits per heavy atom. The summed E-state index contributed by atoms with van der Waals surface area (Å²) in [7, 11) is 1.64. The molecule has 4 aromatic rings. The predicted molar refractivity (Wildman–Crippen MR) is 133 cm³/mol. The van der Waals surface area contributed by atoms with E-state index in [1.807, 2.05) is 54.6 Å². The van der Waals surface area contributed by atoms with Gasteiger partial charge in [0.25, 0.3) is 5.56 Å². The molecule has 3 N–H and O–H groups in total. The Labute approximate surface area is 197 Å². The number of aryl methyl sites for hydroxylation is 1. The van der Waals surface area contributed by atoms with Crippen LogP contribution in [0.5, 0.6) is 0 Å². The van der Waals surface area contributed by atoms with Crippen LogP contribution in [-0.2, 0) is 12.6 Å². The largest absolute Gasteiger partial charge is 0.454 e. The van der Waals surface area contributed by atoms with Gasteiger partial charge >= 0.3 is 0 Å². The van der Waals surface area contributed by atoms with Crippen molar-refractivity contribution in [3.05, 3.63) is 82.3 Å². The van der Waals surface area contributed by atoms with Gasteiger partial charge < -0.3 is 19.8 Å². The molecule has 5 rings (SSSR count). The molecule has 2 aromatic carbocycles. The first-order valence-electron chi connectivity index (χ1n) is 11.7. The maximum atomic E-state index is 13.3. The molecule has 6 heteroatoms. The van der Waals surface area contributed by atoms with Crippen molar-refractivity contribution in [3.63, 3.8) is 0 Å². The van der Waals surface area contributed by atoms with Gasteiger partial charge in [-0.3, -0.25) is 9.59 Å². The molecular formula is C28H28N2O4. The third-order valence-corrected chi connectivity index (χ3v) is 6.90. The lowest BCUT2D eigenvalue weighted by Crippen LogP contribution is -2.43. The van der Waals surface area contributed by atoms with Crippen molar-refractivity contribution in [2.45, 2.75) is 37.6 Å². The first-order valence-corrected chi connectivity index (χ1v) is 11.7. The number of aromatic nitrogens is 1. The average Bonchev–Trinajstić information content (AvgIpc) is 3.24. The number of nitrogens with two attached hydrogens (primary N) is 1. The fourth-order valence-electron chi connectivity index (χ4n) is 4.77. The summed E-state index contributed by atoms with van der Waals surface area (Å²) < 4.78 is 7.77. The number of rotatable bonds is 7. The van der Waals surface area contributed by atoms with E-state index in [0.29, 0.717) is 34.3 Å². The number of carbonyl (C=O) groups is 1. The Kier molecular flexibility index (Phi) is 5.71. The number of fused-ring (bicyclic) bond motifs is 1. The van der Waals surface area contributed by atoms with Crippen molar-refractivity contribution in [2.75, 3.05) is 6.61 Å². The topological polar surface area (TPSA) is 98.5 Å². The molecular weight excluding hydrogens is 428 g/mol. The molecule has 2 aromatic heterocycles. The Balaban J connectivity index is 1.75. The number of benzene rings is 2. The zero-order chi connectivity index (χ0) is 23.9. The number of pyridine rings is 1. The van der Waals surface area contributed by atoms with Crippen molar-refractivity contribution in [1.82, 2.24) is 4.57 Å². The van der Waals surface area contributed by atoms with Crippen LogP contribution in [0.25, 0.3) is 33.4 Å². The van der Waals surface area contributed by atoms with Crippen molar-refractivity contribution in [1.29, 1.82) is 0 Å². The third kappa shape index (κ3) is 3.69. The van der Waals surface area contributed by atoms with Gasteiger partial charge in [0.05, 0.1) is 10.9 Å². The molecule has 6 nitrogen and oxygen atoms in total. The predicted octanol–water partition coefficient (Wildman–Crippen LogP) is 4.76. The second-order valence-electron chi connectivity index (χ2n) is 9.17. The Hall–Kier alpha value is -3.48. The summed E-state index contributed by atoms with van der Waals surface area (Å²) in [4.78, 5) is 26.3. The fraction of sp³-hybridized carbons (Fsp3) is 0.286. The molecule has 1 aliphatic carbocycles. The lowest BCUT2D eigenvalue weighted by Gasteiger charge is -2.38. The number of furan rings is 1. The zero-order valence-corrected chi connectivity index (χ0v) is 19.2. The van der Waals surface area contributed by atoms with Gasteiger partial charge in [-0.1, -0.05) is 54.6 Å². The van der Waals surface area contributed by atoms with Crippen molar-refractivity contribution in [3.8, 4) is 22.5 Å². The highest BCUT2D eigenvalue weighted by Gasteiger charge is 2.34. The van der Waals surface area contributed by atoms with E-state index in [-0.39, 0.29) is 29.9 Å².